The molecule has 0 unspecified atom stereocenters. The van der Waals surface area contributed by atoms with E-state index in [1.807, 2.05) is 42.7 Å². The number of hydrogen-bond donors (Lipinski definition) is 0. The van der Waals surface area contributed by atoms with Gasteiger partial charge in [-0.15, -0.1) is 0 Å². The van der Waals surface area contributed by atoms with Gasteiger partial charge in [-0.05, 0) is 55.5 Å². The summed E-state index contributed by atoms with van der Waals surface area (Å²) in [7, 11) is 12.4. The second-order valence-electron chi connectivity index (χ2n) is 11.8. The first-order valence-corrected chi connectivity index (χ1v) is 22.4. The van der Waals surface area contributed by atoms with Gasteiger partial charge in [-0.2, -0.15) is 0 Å². The Labute approximate surface area is 252 Å². The van der Waals surface area contributed by atoms with Crippen LogP contribution in [-0.4, -0.2) is 32.7 Å². The molecule has 3 saturated carbocycles. The molecule has 0 amide bonds. The number of hydrogen-bond acceptors (Lipinski definition) is 2. The van der Waals surface area contributed by atoms with E-state index in [-0.39, 0.29) is 6.10 Å². The van der Waals surface area contributed by atoms with Crippen molar-refractivity contribution in [1.82, 2.24) is 4.98 Å². The standard InChI is InChI=1S/C18H33P.C15H15NO.2ClH.Ru/c1-4-10-16(11-5-1)19(17-12-6-2-7-13-17)18-14-8-3-9-15-18;1-11(2)17-15-5-4-14(10-12(15)3)13-6-8-16-9-7-13;;;/h16-18H,1-15H2;3-11H,1-2H3;2*1H;/q;;;;+2/p-2. The normalized spacial score (nSPS) is 19.9. The maximum atomic E-state index is 6.01. The Morgan fingerprint density at radius 1 is 0.744 bits per heavy atom. The summed E-state index contributed by atoms with van der Waals surface area (Å²) in [5, 5.41) is 0. The molecule has 1 heterocycles. The first-order valence-electron chi connectivity index (χ1n) is 15.3. The fraction of sp³-hybridized carbons (Fsp3) is 0.636. The molecule has 1 aromatic heterocycles. The zero-order chi connectivity index (χ0) is 27.5. The van der Waals surface area contributed by atoms with Gasteiger partial charge >= 0.3 is 132 Å². The summed E-state index contributed by atoms with van der Waals surface area (Å²) in [5.41, 5.74) is 6.73. The molecule has 0 radical (unpaired) electrons. The molecule has 3 fully saturated rings. The van der Waals surface area contributed by atoms with Crippen LogP contribution >= 0.6 is 27.3 Å². The van der Waals surface area contributed by atoms with Crippen LogP contribution in [0.1, 0.15) is 116 Å². The molecule has 1 aromatic carbocycles. The first kappa shape index (κ1) is 31.6. The van der Waals surface area contributed by atoms with Gasteiger partial charge in [0.2, 0.25) is 0 Å². The van der Waals surface area contributed by atoms with Gasteiger partial charge in [0, 0.05) is 0 Å². The minimum absolute atomic E-state index is 0.111. The van der Waals surface area contributed by atoms with Gasteiger partial charge in [-0.3, -0.25) is 0 Å². The van der Waals surface area contributed by atoms with Crippen molar-refractivity contribution in [3.05, 3.63) is 48.3 Å². The third-order valence-electron chi connectivity index (χ3n) is 8.56. The van der Waals surface area contributed by atoms with Crippen molar-refractivity contribution in [1.29, 1.82) is 0 Å². The van der Waals surface area contributed by atoms with E-state index in [1.54, 1.807) is 89.4 Å². The van der Waals surface area contributed by atoms with E-state index >= 15 is 0 Å². The Morgan fingerprint density at radius 2 is 1.23 bits per heavy atom. The molecule has 39 heavy (non-hydrogen) atoms. The molecule has 2 aromatic rings. The molecule has 0 saturated heterocycles. The van der Waals surface area contributed by atoms with E-state index in [0.717, 1.165) is 22.4 Å². The van der Waals surface area contributed by atoms with E-state index < -0.39 is 13.5 Å². The third-order valence-corrected chi connectivity index (χ3v) is 14.5. The van der Waals surface area contributed by atoms with Crippen molar-refractivity contribution in [2.45, 2.75) is 133 Å². The van der Waals surface area contributed by atoms with E-state index in [9.17, 15) is 0 Å². The Balaban J connectivity index is 0.000000181. The number of ether oxygens (including phenoxy) is 1. The summed E-state index contributed by atoms with van der Waals surface area (Å²) in [4.78, 5) is 4.03. The molecule has 0 atom stereocenters. The van der Waals surface area contributed by atoms with Gasteiger partial charge in [0.1, 0.15) is 0 Å². The van der Waals surface area contributed by atoms with Crippen molar-refractivity contribution >= 4 is 31.9 Å². The first-order chi connectivity index (χ1) is 19.0. The molecule has 0 aliphatic heterocycles. The zero-order valence-electron chi connectivity index (χ0n) is 23.9. The van der Waals surface area contributed by atoms with Crippen molar-refractivity contribution < 1.29 is 18.3 Å². The van der Waals surface area contributed by atoms with Gasteiger partial charge in [-0.1, -0.05) is 65.7 Å². The molecule has 218 valence electrons. The predicted octanol–water partition coefficient (Wildman–Crippen LogP) is 11.1. The van der Waals surface area contributed by atoms with Crippen LogP contribution in [0.4, 0.5) is 0 Å². The van der Waals surface area contributed by atoms with Crippen LogP contribution in [0.2, 0.25) is 0 Å². The van der Waals surface area contributed by atoms with Crippen LogP contribution in [-0.2, 0) is 13.5 Å². The summed E-state index contributed by atoms with van der Waals surface area (Å²) in [6.07, 6.45) is 27.3. The van der Waals surface area contributed by atoms with E-state index in [0.29, 0.717) is 7.92 Å². The Kier molecular flexibility index (Phi) is 13.7. The van der Waals surface area contributed by atoms with Crippen LogP contribution in [0.5, 0.6) is 5.75 Å². The SMILES string of the molecule is C1CCC(P(C2CCCCC2)C2CCCCC2)CC1.CC(C)Oc1ccc(-c2ccncc2)cc1[CH]=[Ru]([Cl])[Cl]. The number of halogens is 2. The summed E-state index contributed by atoms with van der Waals surface area (Å²) in [5.74, 6) is 0.817. The topological polar surface area (TPSA) is 22.1 Å². The van der Waals surface area contributed by atoms with Crippen LogP contribution < -0.4 is 4.74 Å². The number of benzene rings is 1. The summed E-state index contributed by atoms with van der Waals surface area (Å²) in [6, 6.07) is 9.99. The monoisotopic (exact) mass is 677 g/mol. The van der Waals surface area contributed by atoms with Crippen molar-refractivity contribution in [3.8, 4) is 16.9 Å². The van der Waals surface area contributed by atoms with Gasteiger partial charge in [-0.25, -0.2) is 0 Å². The Bertz CT molecular complexity index is 969. The maximum absolute atomic E-state index is 6.01. The van der Waals surface area contributed by atoms with Gasteiger partial charge in [0.15, 0.2) is 0 Å². The second-order valence-corrected chi connectivity index (χ2v) is 20.6. The van der Waals surface area contributed by atoms with E-state index in [4.69, 9.17) is 24.1 Å². The number of rotatable bonds is 7. The summed E-state index contributed by atoms with van der Waals surface area (Å²) >= 11 is -1.90. The molecule has 0 bridgehead atoms. The molecule has 6 heteroatoms. The summed E-state index contributed by atoms with van der Waals surface area (Å²) < 4.78 is 7.71. The average Bonchev–Trinajstić information content (AvgIpc) is 2.96. The fourth-order valence-corrected chi connectivity index (χ4v) is 13.3. The van der Waals surface area contributed by atoms with Crippen molar-refractivity contribution in [2.75, 3.05) is 0 Å². The van der Waals surface area contributed by atoms with Crippen molar-refractivity contribution in [3.63, 3.8) is 0 Å². The zero-order valence-corrected chi connectivity index (χ0v) is 28.1. The molecule has 0 N–H and O–H groups in total. The van der Waals surface area contributed by atoms with Gasteiger partial charge in [0.25, 0.3) is 0 Å². The molecule has 2 nitrogen and oxygen atoms in total. The fourth-order valence-electron chi connectivity index (χ4n) is 6.83. The van der Waals surface area contributed by atoms with Crippen LogP contribution in [0.25, 0.3) is 11.1 Å². The van der Waals surface area contributed by atoms with Crippen LogP contribution in [0.3, 0.4) is 0 Å². The Hall–Kier alpha value is -0.327. The van der Waals surface area contributed by atoms with E-state index in [2.05, 4.69) is 11.1 Å². The Morgan fingerprint density at radius 3 is 1.67 bits per heavy atom. The van der Waals surface area contributed by atoms with Crippen molar-refractivity contribution in [2.24, 2.45) is 0 Å². The second kappa shape index (κ2) is 17.0. The minimum atomic E-state index is -1.90. The average molecular weight is 678 g/mol. The number of aromatic nitrogens is 1. The van der Waals surface area contributed by atoms with E-state index in [1.165, 1.54) is 36.2 Å². The quantitative estimate of drug-likeness (QED) is 0.215. The van der Waals surface area contributed by atoms with Crippen LogP contribution in [0.15, 0.2) is 42.7 Å². The van der Waals surface area contributed by atoms with Gasteiger partial charge in [0.05, 0.1) is 0 Å². The molecule has 3 aliphatic carbocycles. The predicted molar refractivity (Wildman–Crippen MR) is 170 cm³/mol. The number of pyridine rings is 1. The molecule has 3 aliphatic rings. The third kappa shape index (κ3) is 10.2. The molecule has 0 spiro atoms. The van der Waals surface area contributed by atoms with Gasteiger partial charge < -0.3 is 0 Å². The van der Waals surface area contributed by atoms with Crippen LogP contribution in [0, 0.1) is 0 Å². The summed E-state index contributed by atoms with van der Waals surface area (Å²) in [6.45, 7) is 3.99. The molecular formula is C33H48Cl2NOPRu. The number of nitrogens with zero attached hydrogens (tertiary/aromatic N) is 1. The molecular weight excluding hydrogens is 629 g/mol. The molecule has 5 rings (SSSR count).